The van der Waals surface area contributed by atoms with Crippen molar-refractivity contribution in [2.24, 2.45) is 4.99 Å². The number of benzene rings is 1. The number of ether oxygens (including phenoxy) is 3. The maximum absolute atomic E-state index is 13.0. The zero-order valence-electron chi connectivity index (χ0n) is 17.7. The van der Waals surface area contributed by atoms with E-state index in [0.717, 1.165) is 0 Å². The number of carbonyl (C=O) groups excluding carboxylic acids is 3. The highest BCUT2D eigenvalue weighted by molar-refractivity contribution is 8.15. The second kappa shape index (κ2) is 8.51. The molecule has 30 heavy (non-hydrogen) atoms. The van der Waals surface area contributed by atoms with Crippen molar-refractivity contribution in [3.05, 3.63) is 35.0 Å². The average molecular weight is 432 g/mol. The maximum Gasteiger partial charge on any atom is 0.338 e. The number of carbonyl (C=O) groups is 3. The topological polar surface area (TPSA) is 94.5 Å². The number of methoxy groups -OCH3 is 1. The van der Waals surface area contributed by atoms with E-state index in [9.17, 15) is 14.4 Å². The molecule has 8 nitrogen and oxygen atoms in total. The largest absolute Gasteiger partial charge is 0.493 e. The van der Waals surface area contributed by atoms with Crippen LogP contribution >= 0.6 is 11.8 Å². The smallest absolute Gasteiger partial charge is 0.338 e. The van der Waals surface area contributed by atoms with Gasteiger partial charge in [-0.3, -0.25) is 14.5 Å². The minimum atomic E-state index is -0.728. The standard InChI is InChI=1S/C21H24N2O6S/c1-10(2)28-20(26)17-11(3)22-21-23(19(25)12(4)30-21)18(17)14-7-8-15(29-13(5)24)16(9-14)27-6/h7-10,12,18H,1-6H3/t12-,18-/m1/s1. The molecule has 2 aliphatic rings. The predicted molar refractivity (Wildman–Crippen MR) is 112 cm³/mol. The Hall–Kier alpha value is -2.81. The minimum Gasteiger partial charge on any atom is -0.493 e. The molecular formula is C21H24N2O6S. The number of aliphatic imine (C=N–C) groups is 1. The number of amides is 1. The quantitative estimate of drug-likeness (QED) is 0.521. The van der Waals surface area contributed by atoms with E-state index in [1.54, 1.807) is 45.9 Å². The van der Waals surface area contributed by atoms with E-state index in [2.05, 4.69) is 4.99 Å². The Bertz CT molecular complexity index is 968. The first-order valence-electron chi connectivity index (χ1n) is 9.50. The molecule has 1 aromatic carbocycles. The molecule has 3 rings (SSSR count). The summed E-state index contributed by atoms with van der Waals surface area (Å²) in [5, 5.41) is 0.223. The fraction of sp³-hybridized carbons (Fsp3) is 0.429. The number of nitrogens with zero attached hydrogens (tertiary/aromatic N) is 2. The highest BCUT2D eigenvalue weighted by atomic mass is 32.2. The zero-order valence-corrected chi connectivity index (χ0v) is 18.5. The number of hydrogen-bond acceptors (Lipinski definition) is 8. The lowest BCUT2D eigenvalue weighted by atomic mass is 9.94. The van der Waals surface area contributed by atoms with Crippen molar-refractivity contribution in [3.8, 4) is 11.5 Å². The van der Waals surface area contributed by atoms with Crippen molar-refractivity contribution in [2.75, 3.05) is 7.11 Å². The van der Waals surface area contributed by atoms with Gasteiger partial charge in [0.05, 0.1) is 35.8 Å². The molecule has 0 saturated carbocycles. The van der Waals surface area contributed by atoms with Gasteiger partial charge >= 0.3 is 11.9 Å². The summed E-state index contributed by atoms with van der Waals surface area (Å²) in [6.45, 7) is 8.35. The Morgan fingerprint density at radius 3 is 2.53 bits per heavy atom. The summed E-state index contributed by atoms with van der Waals surface area (Å²) in [6.07, 6.45) is -0.327. The van der Waals surface area contributed by atoms with Crippen LogP contribution in [0.25, 0.3) is 0 Å². The molecule has 0 aromatic heterocycles. The normalized spacial score (nSPS) is 20.8. The van der Waals surface area contributed by atoms with E-state index in [1.165, 1.54) is 30.7 Å². The Morgan fingerprint density at radius 2 is 1.93 bits per heavy atom. The third-order valence-corrected chi connectivity index (χ3v) is 5.63. The maximum atomic E-state index is 13.0. The molecule has 0 spiro atoms. The van der Waals surface area contributed by atoms with Crippen molar-refractivity contribution >= 4 is 34.8 Å². The van der Waals surface area contributed by atoms with Gasteiger partial charge in [0.1, 0.15) is 0 Å². The molecule has 9 heteroatoms. The van der Waals surface area contributed by atoms with Crippen LogP contribution in [0, 0.1) is 0 Å². The molecule has 0 aliphatic carbocycles. The van der Waals surface area contributed by atoms with Crippen molar-refractivity contribution in [1.29, 1.82) is 0 Å². The van der Waals surface area contributed by atoms with Crippen LogP contribution < -0.4 is 9.47 Å². The van der Waals surface area contributed by atoms with E-state index in [0.29, 0.717) is 22.2 Å². The van der Waals surface area contributed by atoms with Crippen molar-refractivity contribution in [2.45, 2.75) is 52.0 Å². The van der Waals surface area contributed by atoms with Crippen LogP contribution in [-0.4, -0.2) is 46.4 Å². The third-order valence-electron chi connectivity index (χ3n) is 4.58. The van der Waals surface area contributed by atoms with Crippen molar-refractivity contribution < 1.29 is 28.6 Å². The van der Waals surface area contributed by atoms with Gasteiger partial charge in [-0.2, -0.15) is 0 Å². The number of rotatable bonds is 5. The second-order valence-electron chi connectivity index (χ2n) is 7.22. The summed E-state index contributed by atoms with van der Waals surface area (Å²) in [5.41, 5.74) is 1.40. The summed E-state index contributed by atoms with van der Waals surface area (Å²) >= 11 is 1.35. The Balaban J connectivity index is 2.14. The van der Waals surface area contributed by atoms with Gasteiger partial charge in [0.25, 0.3) is 0 Å². The van der Waals surface area contributed by atoms with Crippen LogP contribution in [0.1, 0.15) is 46.2 Å². The summed E-state index contributed by atoms with van der Waals surface area (Å²) in [5.74, 6) is -0.593. The van der Waals surface area contributed by atoms with Gasteiger partial charge in [-0.15, -0.1) is 0 Å². The minimum absolute atomic E-state index is 0.144. The lowest BCUT2D eigenvalue weighted by Crippen LogP contribution is -2.40. The van der Waals surface area contributed by atoms with E-state index in [1.807, 2.05) is 0 Å². The van der Waals surface area contributed by atoms with E-state index in [-0.39, 0.29) is 28.6 Å². The molecule has 2 atom stereocenters. The number of amidine groups is 1. The van der Waals surface area contributed by atoms with Crippen LogP contribution in [0.5, 0.6) is 11.5 Å². The summed E-state index contributed by atoms with van der Waals surface area (Å²) in [6, 6.07) is 4.21. The molecular weight excluding hydrogens is 408 g/mol. The van der Waals surface area contributed by atoms with Crippen LogP contribution in [-0.2, 0) is 19.1 Å². The van der Waals surface area contributed by atoms with Crippen molar-refractivity contribution in [3.63, 3.8) is 0 Å². The lowest BCUT2D eigenvalue weighted by Gasteiger charge is -2.33. The fourth-order valence-electron chi connectivity index (χ4n) is 3.35. The van der Waals surface area contributed by atoms with Gasteiger partial charge in [0, 0.05) is 6.92 Å². The Labute approximate surface area is 179 Å². The molecule has 0 unspecified atom stereocenters. The van der Waals surface area contributed by atoms with Gasteiger partial charge in [0.2, 0.25) is 5.91 Å². The molecule has 1 aromatic rings. The van der Waals surface area contributed by atoms with Crippen LogP contribution in [0.3, 0.4) is 0 Å². The molecule has 160 valence electrons. The number of thioether (sulfide) groups is 1. The predicted octanol–water partition coefficient (Wildman–Crippen LogP) is 3.22. The van der Waals surface area contributed by atoms with Gasteiger partial charge in [-0.1, -0.05) is 17.8 Å². The van der Waals surface area contributed by atoms with E-state index >= 15 is 0 Å². The van der Waals surface area contributed by atoms with Gasteiger partial charge < -0.3 is 14.2 Å². The molecule has 0 bridgehead atoms. The summed E-state index contributed by atoms with van der Waals surface area (Å²) < 4.78 is 16.0. The summed E-state index contributed by atoms with van der Waals surface area (Å²) in [4.78, 5) is 43.3. The molecule has 2 heterocycles. The molecule has 1 fully saturated rings. The highest BCUT2D eigenvalue weighted by Gasteiger charge is 2.46. The van der Waals surface area contributed by atoms with Gasteiger partial charge in [-0.25, -0.2) is 9.79 Å². The third kappa shape index (κ3) is 4.07. The van der Waals surface area contributed by atoms with Crippen LogP contribution in [0.4, 0.5) is 0 Å². The Kier molecular flexibility index (Phi) is 6.21. The monoisotopic (exact) mass is 432 g/mol. The molecule has 0 N–H and O–H groups in total. The van der Waals surface area contributed by atoms with Crippen LogP contribution in [0.15, 0.2) is 34.5 Å². The van der Waals surface area contributed by atoms with E-state index < -0.39 is 18.0 Å². The number of esters is 2. The first-order valence-corrected chi connectivity index (χ1v) is 10.4. The number of hydrogen-bond donors (Lipinski definition) is 0. The first kappa shape index (κ1) is 21.9. The average Bonchev–Trinajstić information content (AvgIpc) is 2.93. The van der Waals surface area contributed by atoms with Gasteiger partial charge in [0.15, 0.2) is 16.7 Å². The second-order valence-corrected chi connectivity index (χ2v) is 8.53. The molecule has 1 amide bonds. The summed E-state index contributed by atoms with van der Waals surface area (Å²) in [7, 11) is 1.45. The van der Waals surface area contributed by atoms with Gasteiger partial charge in [-0.05, 0) is 45.4 Å². The highest BCUT2D eigenvalue weighted by Crippen LogP contribution is 2.44. The Morgan fingerprint density at radius 1 is 1.23 bits per heavy atom. The van der Waals surface area contributed by atoms with E-state index in [4.69, 9.17) is 14.2 Å². The SMILES string of the molecule is COc1cc([C@@H]2C(C(=O)OC(C)C)=C(C)N=C3S[C@H](C)C(=O)N32)ccc1OC(C)=O. The molecule has 2 aliphatic heterocycles. The lowest BCUT2D eigenvalue weighted by molar-refractivity contribution is -0.143. The number of fused-ring (bicyclic) bond motifs is 1. The number of allylic oxidation sites excluding steroid dienone is 1. The fourth-order valence-corrected chi connectivity index (χ4v) is 4.38. The molecule has 1 saturated heterocycles. The first-order chi connectivity index (χ1) is 14.1. The molecule has 0 radical (unpaired) electrons. The zero-order chi connectivity index (χ0) is 22.2. The van der Waals surface area contributed by atoms with Crippen molar-refractivity contribution in [1.82, 2.24) is 4.90 Å². The van der Waals surface area contributed by atoms with Crippen LogP contribution in [0.2, 0.25) is 0 Å².